The van der Waals surface area contributed by atoms with E-state index in [1.807, 2.05) is 30.3 Å². The van der Waals surface area contributed by atoms with Gasteiger partial charge in [0.1, 0.15) is 12.1 Å². The third-order valence-corrected chi connectivity index (χ3v) is 4.12. The van der Waals surface area contributed by atoms with Gasteiger partial charge in [0.05, 0.1) is 18.8 Å². The number of aliphatic hydroxyl groups is 1. The zero-order valence-electron chi connectivity index (χ0n) is 16.3. The van der Waals surface area contributed by atoms with E-state index in [0.717, 1.165) is 5.56 Å². The SMILES string of the molecule is CC(=O)[C@H](CN)NC(=O)[C@@H](NC(=O)[C@H](CCN)OCc1ccccc1)C(C)O. The Morgan fingerprint density at radius 1 is 1.11 bits per heavy atom. The van der Waals surface area contributed by atoms with Crippen LogP contribution in [0.5, 0.6) is 0 Å². The Balaban J connectivity index is 2.77. The van der Waals surface area contributed by atoms with Crippen molar-refractivity contribution in [2.45, 2.75) is 51.2 Å². The summed E-state index contributed by atoms with van der Waals surface area (Å²) in [5.41, 5.74) is 11.9. The largest absolute Gasteiger partial charge is 0.391 e. The number of nitrogens with one attached hydrogen (secondary N) is 2. The van der Waals surface area contributed by atoms with Crippen LogP contribution in [0.1, 0.15) is 25.8 Å². The van der Waals surface area contributed by atoms with E-state index in [1.165, 1.54) is 13.8 Å². The molecule has 1 unspecified atom stereocenters. The number of amides is 2. The van der Waals surface area contributed by atoms with Crippen LogP contribution in [-0.2, 0) is 25.7 Å². The van der Waals surface area contributed by atoms with Crippen LogP contribution in [-0.4, -0.2) is 60.1 Å². The number of carbonyl (C=O) groups excluding carboxylic acids is 3. The molecule has 2 amide bonds. The van der Waals surface area contributed by atoms with E-state index in [-0.39, 0.29) is 31.9 Å². The third-order valence-electron chi connectivity index (χ3n) is 4.12. The lowest BCUT2D eigenvalue weighted by Crippen LogP contribution is -2.58. The van der Waals surface area contributed by atoms with Crippen molar-refractivity contribution in [3.05, 3.63) is 35.9 Å². The molecule has 0 aliphatic rings. The first-order valence-corrected chi connectivity index (χ1v) is 9.15. The molecule has 0 saturated carbocycles. The summed E-state index contributed by atoms with van der Waals surface area (Å²) < 4.78 is 5.65. The molecule has 28 heavy (non-hydrogen) atoms. The van der Waals surface area contributed by atoms with Crippen molar-refractivity contribution in [3.8, 4) is 0 Å². The van der Waals surface area contributed by atoms with Crippen LogP contribution in [0.2, 0.25) is 0 Å². The molecule has 0 fully saturated rings. The first kappa shape index (κ1) is 23.7. The van der Waals surface area contributed by atoms with Gasteiger partial charge in [-0.25, -0.2) is 0 Å². The van der Waals surface area contributed by atoms with Crippen LogP contribution in [0.25, 0.3) is 0 Å². The fraction of sp³-hybridized carbons (Fsp3) is 0.526. The van der Waals surface area contributed by atoms with Gasteiger partial charge < -0.3 is 31.9 Å². The van der Waals surface area contributed by atoms with Gasteiger partial charge in [0.2, 0.25) is 11.8 Å². The van der Waals surface area contributed by atoms with Crippen molar-refractivity contribution in [2.24, 2.45) is 11.5 Å². The molecule has 4 atom stereocenters. The number of ether oxygens (including phenoxy) is 1. The zero-order chi connectivity index (χ0) is 21.1. The van der Waals surface area contributed by atoms with Crippen LogP contribution in [0.4, 0.5) is 0 Å². The molecule has 0 bridgehead atoms. The van der Waals surface area contributed by atoms with Crippen LogP contribution in [0, 0.1) is 0 Å². The van der Waals surface area contributed by atoms with E-state index >= 15 is 0 Å². The van der Waals surface area contributed by atoms with Gasteiger partial charge in [-0.05, 0) is 32.4 Å². The molecule has 9 heteroatoms. The third kappa shape index (κ3) is 7.73. The van der Waals surface area contributed by atoms with Crippen LogP contribution in [0.15, 0.2) is 30.3 Å². The average molecular weight is 394 g/mol. The minimum absolute atomic E-state index is 0.0858. The van der Waals surface area contributed by atoms with Gasteiger partial charge in [-0.1, -0.05) is 30.3 Å². The maximum Gasteiger partial charge on any atom is 0.249 e. The van der Waals surface area contributed by atoms with E-state index in [9.17, 15) is 19.5 Å². The number of rotatable bonds is 12. The Morgan fingerprint density at radius 3 is 2.25 bits per heavy atom. The molecule has 7 N–H and O–H groups in total. The fourth-order valence-electron chi connectivity index (χ4n) is 2.45. The molecule has 0 aromatic heterocycles. The normalized spacial score (nSPS) is 15.2. The van der Waals surface area contributed by atoms with Crippen LogP contribution >= 0.6 is 0 Å². The van der Waals surface area contributed by atoms with Gasteiger partial charge in [-0.15, -0.1) is 0 Å². The van der Waals surface area contributed by atoms with Crippen molar-refractivity contribution in [3.63, 3.8) is 0 Å². The van der Waals surface area contributed by atoms with Crippen molar-refractivity contribution in [1.82, 2.24) is 10.6 Å². The number of carbonyl (C=O) groups is 3. The molecule has 0 heterocycles. The molecule has 0 saturated heterocycles. The highest BCUT2D eigenvalue weighted by Gasteiger charge is 2.30. The Kier molecular flexibility index (Phi) is 10.3. The Hall–Kier alpha value is -2.33. The lowest BCUT2D eigenvalue weighted by molar-refractivity contribution is -0.140. The number of hydrogen-bond acceptors (Lipinski definition) is 7. The summed E-state index contributed by atoms with van der Waals surface area (Å²) in [6, 6.07) is 7.15. The summed E-state index contributed by atoms with van der Waals surface area (Å²) in [5, 5.41) is 14.8. The average Bonchev–Trinajstić information content (AvgIpc) is 2.67. The number of benzene rings is 1. The molecule has 1 aromatic carbocycles. The van der Waals surface area contributed by atoms with Crippen LogP contribution in [0.3, 0.4) is 0 Å². The summed E-state index contributed by atoms with van der Waals surface area (Å²) in [6.45, 7) is 2.97. The van der Waals surface area contributed by atoms with E-state index in [4.69, 9.17) is 16.2 Å². The predicted octanol–water partition coefficient (Wildman–Crippen LogP) is -1.18. The number of Topliss-reactive ketones (excluding diaryl/α,β-unsaturated/α-hetero) is 1. The molecule has 1 aromatic rings. The molecular weight excluding hydrogens is 364 g/mol. The molecule has 0 radical (unpaired) electrons. The Bertz CT molecular complexity index is 638. The molecule has 0 aliphatic carbocycles. The Morgan fingerprint density at radius 2 is 1.75 bits per heavy atom. The van der Waals surface area contributed by atoms with Gasteiger partial charge in [-0.2, -0.15) is 0 Å². The molecule has 0 aliphatic heterocycles. The molecule has 156 valence electrons. The van der Waals surface area contributed by atoms with Gasteiger partial charge in [0.15, 0.2) is 5.78 Å². The van der Waals surface area contributed by atoms with Gasteiger partial charge in [0.25, 0.3) is 0 Å². The summed E-state index contributed by atoms with van der Waals surface area (Å²) in [4.78, 5) is 36.4. The highest BCUT2D eigenvalue weighted by molar-refractivity contribution is 5.93. The standard InChI is InChI=1S/C19H30N4O5/c1-12(24)15(10-21)22-19(27)17(13(2)25)23-18(26)16(8-9-20)28-11-14-6-4-3-5-7-14/h3-7,13,15-17,25H,8-11,20-21H2,1-2H3,(H,22,27)(H,23,26)/t13?,15-,16-,17-/m0/s1. The molecule has 9 nitrogen and oxygen atoms in total. The second-order valence-corrected chi connectivity index (χ2v) is 6.50. The first-order valence-electron chi connectivity index (χ1n) is 9.15. The molecule has 1 rings (SSSR count). The summed E-state index contributed by atoms with van der Waals surface area (Å²) in [7, 11) is 0. The number of nitrogens with two attached hydrogens (primary N) is 2. The van der Waals surface area contributed by atoms with Crippen LogP contribution < -0.4 is 22.1 Å². The lowest BCUT2D eigenvalue weighted by Gasteiger charge is -2.25. The second kappa shape index (κ2) is 12.2. The van der Waals surface area contributed by atoms with E-state index in [2.05, 4.69) is 10.6 Å². The maximum atomic E-state index is 12.6. The second-order valence-electron chi connectivity index (χ2n) is 6.50. The lowest BCUT2D eigenvalue weighted by atomic mass is 10.1. The summed E-state index contributed by atoms with van der Waals surface area (Å²) >= 11 is 0. The highest BCUT2D eigenvalue weighted by Crippen LogP contribution is 2.07. The summed E-state index contributed by atoms with van der Waals surface area (Å²) in [6.07, 6.45) is -1.84. The first-order chi connectivity index (χ1) is 13.3. The van der Waals surface area contributed by atoms with E-state index < -0.39 is 36.1 Å². The van der Waals surface area contributed by atoms with Crippen molar-refractivity contribution >= 4 is 17.6 Å². The molecular formula is C19H30N4O5. The van der Waals surface area contributed by atoms with Crippen molar-refractivity contribution in [2.75, 3.05) is 13.1 Å². The monoisotopic (exact) mass is 394 g/mol. The molecule has 0 spiro atoms. The number of ketones is 1. The number of aliphatic hydroxyl groups excluding tert-OH is 1. The highest BCUT2D eigenvalue weighted by atomic mass is 16.5. The Labute approximate surface area is 164 Å². The number of hydrogen-bond donors (Lipinski definition) is 5. The predicted molar refractivity (Wildman–Crippen MR) is 104 cm³/mol. The van der Waals surface area contributed by atoms with E-state index in [0.29, 0.717) is 0 Å². The maximum absolute atomic E-state index is 12.6. The van der Waals surface area contributed by atoms with Crippen molar-refractivity contribution in [1.29, 1.82) is 0 Å². The minimum Gasteiger partial charge on any atom is -0.391 e. The fourth-order valence-corrected chi connectivity index (χ4v) is 2.45. The quantitative estimate of drug-likeness (QED) is 0.298. The zero-order valence-corrected chi connectivity index (χ0v) is 16.3. The minimum atomic E-state index is -1.26. The smallest absolute Gasteiger partial charge is 0.249 e. The van der Waals surface area contributed by atoms with Gasteiger partial charge in [0, 0.05) is 6.54 Å². The van der Waals surface area contributed by atoms with E-state index in [1.54, 1.807) is 0 Å². The topological polar surface area (TPSA) is 157 Å². The van der Waals surface area contributed by atoms with Gasteiger partial charge >= 0.3 is 0 Å². The van der Waals surface area contributed by atoms with Crippen molar-refractivity contribution < 1.29 is 24.2 Å². The summed E-state index contributed by atoms with van der Waals surface area (Å²) in [5.74, 6) is -1.60. The van der Waals surface area contributed by atoms with Gasteiger partial charge in [-0.3, -0.25) is 14.4 Å².